The molecule has 1 heterocycles. The van der Waals surface area contributed by atoms with Crippen molar-refractivity contribution in [2.75, 3.05) is 49.0 Å². The number of benzene rings is 2. The number of nitrogens with one attached hydrogen (secondary N) is 1. The molecule has 1 aliphatic rings. The molecule has 9 nitrogen and oxygen atoms in total. The molecule has 0 aromatic heterocycles. The molecule has 0 unspecified atom stereocenters. The van der Waals surface area contributed by atoms with E-state index in [0.717, 1.165) is 13.1 Å². The molecule has 1 aliphatic heterocycles. The van der Waals surface area contributed by atoms with Crippen LogP contribution in [0.5, 0.6) is 5.75 Å². The summed E-state index contributed by atoms with van der Waals surface area (Å²) in [6.07, 6.45) is 0.462. The number of carboxylic acids is 1. The van der Waals surface area contributed by atoms with E-state index in [1.807, 2.05) is 11.8 Å². The summed E-state index contributed by atoms with van der Waals surface area (Å²) in [5, 5.41) is 18.5. The molecule has 32 heavy (non-hydrogen) atoms. The van der Waals surface area contributed by atoms with Crippen molar-refractivity contribution in [3.8, 4) is 11.8 Å². The monoisotopic (exact) mass is 458 g/mol. The molecule has 1 saturated heterocycles. The number of nitrogens with zero attached hydrogens (tertiary/aromatic N) is 3. The number of carboxylic acid groups (broad SMARTS) is 1. The summed E-state index contributed by atoms with van der Waals surface area (Å²) < 4.78 is 33.2. The summed E-state index contributed by atoms with van der Waals surface area (Å²) in [5.41, 5.74) is 0.747. The van der Waals surface area contributed by atoms with Crippen molar-refractivity contribution >= 4 is 27.4 Å². The number of anilines is 2. The fraction of sp³-hybridized carbons (Fsp3) is 0.364. The number of aromatic carboxylic acids is 1. The predicted molar refractivity (Wildman–Crippen MR) is 121 cm³/mol. The minimum atomic E-state index is -3.89. The maximum Gasteiger partial charge on any atom is 0.337 e. The van der Waals surface area contributed by atoms with Crippen LogP contribution in [0.15, 0.2) is 47.4 Å². The van der Waals surface area contributed by atoms with Crippen molar-refractivity contribution in [3.63, 3.8) is 0 Å². The van der Waals surface area contributed by atoms with Gasteiger partial charge in [0, 0.05) is 44.8 Å². The number of hydrogen-bond donors (Lipinski definition) is 2. The molecule has 2 N–H and O–H groups in total. The van der Waals surface area contributed by atoms with Gasteiger partial charge >= 0.3 is 5.97 Å². The summed E-state index contributed by atoms with van der Waals surface area (Å²) in [5.74, 6) is -0.564. The number of nitriles is 1. The molecule has 10 heteroatoms. The fourth-order valence-electron chi connectivity index (χ4n) is 3.56. The van der Waals surface area contributed by atoms with Gasteiger partial charge in [-0.3, -0.25) is 9.62 Å². The highest BCUT2D eigenvalue weighted by atomic mass is 32.2. The maximum absolute atomic E-state index is 12.7. The van der Waals surface area contributed by atoms with Gasteiger partial charge in [-0.15, -0.1) is 0 Å². The molecule has 3 rings (SSSR count). The van der Waals surface area contributed by atoms with Gasteiger partial charge in [0.15, 0.2) is 0 Å². The first kappa shape index (κ1) is 23.4. The van der Waals surface area contributed by atoms with E-state index in [-0.39, 0.29) is 16.1 Å². The van der Waals surface area contributed by atoms with Crippen LogP contribution < -0.4 is 14.4 Å². The highest BCUT2D eigenvalue weighted by molar-refractivity contribution is 7.92. The lowest BCUT2D eigenvalue weighted by Crippen LogP contribution is -2.47. The van der Waals surface area contributed by atoms with Gasteiger partial charge in [0.1, 0.15) is 5.75 Å². The topological polar surface area (TPSA) is 123 Å². The molecular formula is C22H26N4O5S. The molecule has 0 aliphatic carbocycles. The number of rotatable bonds is 9. The fourth-order valence-corrected chi connectivity index (χ4v) is 4.61. The zero-order valence-corrected chi connectivity index (χ0v) is 18.6. The van der Waals surface area contributed by atoms with Crippen LogP contribution >= 0.6 is 0 Å². The molecule has 0 atom stereocenters. The number of carbonyl (C=O) groups is 1. The number of sulfonamides is 1. The summed E-state index contributed by atoms with van der Waals surface area (Å²) in [6.45, 7) is 5.72. The number of piperazine rings is 1. The van der Waals surface area contributed by atoms with Crippen molar-refractivity contribution < 1.29 is 23.1 Å². The van der Waals surface area contributed by atoms with Crippen LogP contribution in [0.3, 0.4) is 0 Å². The molecule has 170 valence electrons. The van der Waals surface area contributed by atoms with Gasteiger partial charge in [0.2, 0.25) is 0 Å². The lowest BCUT2D eigenvalue weighted by molar-refractivity contribution is 0.0697. The molecule has 2 aromatic rings. The zero-order valence-electron chi connectivity index (χ0n) is 17.8. The lowest BCUT2D eigenvalue weighted by Gasteiger charge is -2.36. The molecular weight excluding hydrogens is 432 g/mol. The summed E-state index contributed by atoms with van der Waals surface area (Å²) in [6, 6.07) is 12.7. The van der Waals surface area contributed by atoms with Crippen LogP contribution in [-0.2, 0) is 10.0 Å². The van der Waals surface area contributed by atoms with Crippen LogP contribution in [0.4, 0.5) is 11.4 Å². The second kappa shape index (κ2) is 10.3. The Hall–Kier alpha value is -3.29. The minimum Gasteiger partial charge on any atom is -0.494 e. The standard InChI is InChI=1S/C22H26N4O5S/c1-2-31-18-5-7-19(8-6-18)32(29,30)24-17-4-9-21(20(16-17)22(27)28)26-14-12-25(13-15-26)11-3-10-23/h4-9,16,24H,2-3,11-15H2,1H3,(H,27,28). The quantitative estimate of drug-likeness (QED) is 0.588. The molecule has 1 fully saturated rings. The van der Waals surface area contributed by atoms with Crippen molar-refractivity contribution in [1.29, 1.82) is 5.26 Å². The third-order valence-electron chi connectivity index (χ3n) is 5.18. The van der Waals surface area contributed by atoms with Crippen molar-refractivity contribution in [2.45, 2.75) is 18.2 Å². The molecule has 0 radical (unpaired) electrons. The largest absolute Gasteiger partial charge is 0.494 e. The summed E-state index contributed by atoms with van der Waals surface area (Å²) in [4.78, 5) is 16.1. The average molecular weight is 459 g/mol. The van der Waals surface area contributed by atoms with Crippen LogP contribution in [0.2, 0.25) is 0 Å². The first-order valence-electron chi connectivity index (χ1n) is 10.3. The van der Waals surface area contributed by atoms with E-state index in [9.17, 15) is 18.3 Å². The second-order valence-corrected chi connectivity index (χ2v) is 8.97. The Labute approximate surface area is 187 Å². The van der Waals surface area contributed by atoms with E-state index in [1.165, 1.54) is 18.2 Å². The van der Waals surface area contributed by atoms with Gasteiger partial charge in [-0.1, -0.05) is 0 Å². The molecule has 0 spiro atoms. The molecule has 0 bridgehead atoms. The Morgan fingerprint density at radius 2 is 1.84 bits per heavy atom. The van der Waals surface area contributed by atoms with Crippen LogP contribution in [-0.4, -0.2) is 63.7 Å². The third kappa shape index (κ3) is 5.69. The van der Waals surface area contributed by atoms with E-state index >= 15 is 0 Å². The van der Waals surface area contributed by atoms with Crippen molar-refractivity contribution in [2.24, 2.45) is 0 Å². The summed E-state index contributed by atoms with van der Waals surface area (Å²) >= 11 is 0. The van der Waals surface area contributed by atoms with E-state index in [2.05, 4.69) is 15.7 Å². The van der Waals surface area contributed by atoms with Gasteiger partial charge in [0.25, 0.3) is 10.0 Å². The van der Waals surface area contributed by atoms with E-state index in [4.69, 9.17) is 10.00 Å². The minimum absolute atomic E-state index is 0.0300. The first-order valence-corrected chi connectivity index (χ1v) is 11.8. The molecule has 0 amide bonds. The average Bonchev–Trinajstić information content (AvgIpc) is 2.78. The van der Waals surface area contributed by atoms with Crippen LogP contribution in [0.25, 0.3) is 0 Å². The van der Waals surface area contributed by atoms with Gasteiger partial charge in [-0.05, 0) is 49.4 Å². The lowest BCUT2D eigenvalue weighted by atomic mass is 10.1. The van der Waals surface area contributed by atoms with Crippen molar-refractivity contribution in [1.82, 2.24) is 4.90 Å². The van der Waals surface area contributed by atoms with Gasteiger partial charge in [0.05, 0.1) is 28.8 Å². The molecule has 2 aromatic carbocycles. The molecule has 0 saturated carbocycles. The van der Waals surface area contributed by atoms with E-state index in [1.54, 1.807) is 24.3 Å². The Bertz CT molecular complexity index is 1090. The van der Waals surface area contributed by atoms with Gasteiger partial charge in [-0.2, -0.15) is 5.26 Å². The SMILES string of the molecule is CCOc1ccc(S(=O)(=O)Nc2ccc(N3CCN(CCC#N)CC3)c(C(=O)O)c2)cc1. The predicted octanol–water partition coefficient (Wildman–Crippen LogP) is 2.62. The normalized spacial score (nSPS) is 14.6. The number of ether oxygens (including phenoxy) is 1. The highest BCUT2D eigenvalue weighted by Crippen LogP contribution is 2.27. The first-order chi connectivity index (χ1) is 15.3. The smallest absolute Gasteiger partial charge is 0.337 e. The third-order valence-corrected chi connectivity index (χ3v) is 6.57. The van der Waals surface area contributed by atoms with Gasteiger partial charge < -0.3 is 14.7 Å². The van der Waals surface area contributed by atoms with E-state index in [0.29, 0.717) is 44.1 Å². The second-order valence-electron chi connectivity index (χ2n) is 7.28. The van der Waals surface area contributed by atoms with Crippen LogP contribution in [0.1, 0.15) is 23.7 Å². The van der Waals surface area contributed by atoms with Crippen LogP contribution in [0, 0.1) is 11.3 Å². The Balaban J connectivity index is 1.76. The number of hydrogen-bond acceptors (Lipinski definition) is 7. The Kier molecular flexibility index (Phi) is 7.56. The van der Waals surface area contributed by atoms with E-state index < -0.39 is 16.0 Å². The van der Waals surface area contributed by atoms with Crippen molar-refractivity contribution in [3.05, 3.63) is 48.0 Å². The van der Waals surface area contributed by atoms with Gasteiger partial charge in [-0.25, -0.2) is 13.2 Å². The zero-order chi connectivity index (χ0) is 23.1. The highest BCUT2D eigenvalue weighted by Gasteiger charge is 2.23. The maximum atomic E-state index is 12.7. The Morgan fingerprint density at radius 1 is 1.16 bits per heavy atom. The summed E-state index contributed by atoms with van der Waals surface area (Å²) in [7, 11) is -3.89. The Morgan fingerprint density at radius 3 is 2.44 bits per heavy atom.